The molecule has 5 nitrogen and oxygen atoms in total. The van der Waals surface area contributed by atoms with E-state index in [1.165, 1.54) is 27.3 Å². The summed E-state index contributed by atoms with van der Waals surface area (Å²) in [4.78, 5) is 17.9. The molecule has 1 atom stereocenters. The number of hydrogen-bond donors (Lipinski definition) is 2. The fourth-order valence-electron chi connectivity index (χ4n) is 2.46. The van der Waals surface area contributed by atoms with Gasteiger partial charge in [-0.15, -0.1) is 23.7 Å². The smallest absolute Gasteiger partial charge is 0.245 e. The van der Waals surface area contributed by atoms with Crippen LogP contribution in [-0.2, 0) is 16.0 Å². The molecule has 1 amide bonds. The average Bonchev–Trinajstić information content (AvgIpc) is 2.90. The number of anilines is 1. The second-order valence-corrected chi connectivity index (χ2v) is 6.84. The van der Waals surface area contributed by atoms with Crippen molar-refractivity contribution >= 4 is 34.8 Å². The molecule has 0 saturated carbocycles. The number of halogens is 1. The van der Waals surface area contributed by atoms with Crippen LogP contribution in [0, 0.1) is 13.8 Å². The summed E-state index contributed by atoms with van der Waals surface area (Å²) in [5.74, 6) is -0.0830. The van der Waals surface area contributed by atoms with Crippen molar-refractivity contribution in [3.63, 3.8) is 0 Å². The average molecular weight is 368 g/mol. The predicted octanol–water partition coefficient (Wildman–Crippen LogP) is 2.70. The van der Waals surface area contributed by atoms with Crippen LogP contribution in [0.2, 0.25) is 0 Å². The molecular formula is C17H22ClN3O2S. The van der Waals surface area contributed by atoms with Crippen molar-refractivity contribution in [2.75, 3.05) is 25.1 Å². The number of rotatable bonds is 4. The minimum atomic E-state index is -0.298. The molecule has 2 heterocycles. The van der Waals surface area contributed by atoms with Crippen molar-refractivity contribution in [1.82, 2.24) is 10.3 Å². The Morgan fingerprint density at radius 1 is 1.38 bits per heavy atom. The number of thiazole rings is 1. The standard InChI is InChI=1S/C17H21N3O2S.ClH/c1-11-3-5-13(6-4-11)9-15-12(2)19-17(23-15)20-16(21)14-10-22-8-7-18-14;/h3-6,14,18H,7-10H2,1-2H3,(H,19,20,21);1H. The maximum Gasteiger partial charge on any atom is 0.245 e. The Labute approximate surface area is 152 Å². The number of ether oxygens (including phenoxy) is 1. The summed E-state index contributed by atoms with van der Waals surface area (Å²) >= 11 is 1.54. The summed E-state index contributed by atoms with van der Waals surface area (Å²) in [5.41, 5.74) is 3.48. The molecule has 0 aliphatic carbocycles. The molecule has 1 fully saturated rings. The SMILES string of the molecule is Cc1ccc(Cc2sc(NC(=O)C3COCCN3)nc2C)cc1.Cl. The number of benzene rings is 1. The van der Waals surface area contributed by atoms with Crippen molar-refractivity contribution in [3.8, 4) is 0 Å². The molecule has 1 unspecified atom stereocenters. The van der Waals surface area contributed by atoms with Gasteiger partial charge in [0, 0.05) is 17.8 Å². The van der Waals surface area contributed by atoms with Crippen LogP contribution in [0.4, 0.5) is 5.13 Å². The van der Waals surface area contributed by atoms with Crippen LogP contribution < -0.4 is 10.6 Å². The Morgan fingerprint density at radius 3 is 2.79 bits per heavy atom. The quantitative estimate of drug-likeness (QED) is 0.872. The monoisotopic (exact) mass is 367 g/mol. The van der Waals surface area contributed by atoms with Crippen LogP contribution in [-0.4, -0.2) is 36.7 Å². The van der Waals surface area contributed by atoms with Crippen molar-refractivity contribution in [2.24, 2.45) is 0 Å². The fraction of sp³-hybridized carbons (Fsp3) is 0.412. The number of morpholine rings is 1. The first-order valence-electron chi connectivity index (χ1n) is 7.75. The molecule has 2 N–H and O–H groups in total. The van der Waals surface area contributed by atoms with Gasteiger partial charge in [0.1, 0.15) is 6.04 Å². The molecule has 1 aliphatic heterocycles. The van der Waals surface area contributed by atoms with E-state index in [9.17, 15) is 4.79 Å². The molecule has 1 aromatic carbocycles. The number of carbonyl (C=O) groups is 1. The second kappa shape index (κ2) is 8.58. The van der Waals surface area contributed by atoms with E-state index in [2.05, 4.69) is 46.8 Å². The third-order valence-electron chi connectivity index (χ3n) is 3.85. The lowest BCUT2D eigenvalue weighted by atomic mass is 10.1. The van der Waals surface area contributed by atoms with Crippen molar-refractivity contribution < 1.29 is 9.53 Å². The minimum Gasteiger partial charge on any atom is -0.378 e. The van der Waals surface area contributed by atoms with Crippen LogP contribution in [0.1, 0.15) is 21.7 Å². The zero-order chi connectivity index (χ0) is 16.2. The van der Waals surface area contributed by atoms with Gasteiger partial charge in [-0.3, -0.25) is 4.79 Å². The highest BCUT2D eigenvalue weighted by atomic mass is 35.5. The van der Waals surface area contributed by atoms with Gasteiger partial charge in [-0.25, -0.2) is 4.98 Å². The minimum absolute atomic E-state index is 0. The molecule has 1 saturated heterocycles. The summed E-state index contributed by atoms with van der Waals surface area (Å²) in [6.07, 6.45) is 0.838. The molecule has 130 valence electrons. The summed E-state index contributed by atoms with van der Waals surface area (Å²) < 4.78 is 5.32. The maximum atomic E-state index is 12.2. The van der Waals surface area contributed by atoms with Crippen LogP contribution in [0.25, 0.3) is 0 Å². The highest BCUT2D eigenvalue weighted by molar-refractivity contribution is 7.15. The van der Waals surface area contributed by atoms with Crippen LogP contribution in [0.15, 0.2) is 24.3 Å². The number of nitrogens with one attached hydrogen (secondary N) is 2. The van der Waals surface area contributed by atoms with Gasteiger partial charge < -0.3 is 15.4 Å². The van der Waals surface area contributed by atoms with Crippen molar-refractivity contribution in [3.05, 3.63) is 46.0 Å². The third kappa shape index (κ3) is 4.77. The molecule has 3 rings (SSSR count). The number of hydrogen-bond acceptors (Lipinski definition) is 5. The van der Waals surface area contributed by atoms with E-state index in [0.29, 0.717) is 24.9 Å². The molecule has 2 aromatic rings. The summed E-state index contributed by atoms with van der Waals surface area (Å²) in [7, 11) is 0. The molecule has 7 heteroatoms. The van der Waals surface area contributed by atoms with Crippen LogP contribution >= 0.6 is 23.7 Å². The Balaban J connectivity index is 0.00000208. The number of nitrogens with zero attached hydrogens (tertiary/aromatic N) is 1. The lowest BCUT2D eigenvalue weighted by Gasteiger charge is -2.22. The number of carbonyl (C=O) groups excluding carboxylic acids is 1. The van der Waals surface area contributed by atoms with Gasteiger partial charge in [-0.05, 0) is 19.4 Å². The van der Waals surface area contributed by atoms with E-state index in [1.54, 1.807) is 0 Å². The third-order valence-corrected chi connectivity index (χ3v) is 4.92. The first-order valence-corrected chi connectivity index (χ1v) is 8.57. The number of aromatic nitrogens is 1. The predicted molar refractivity (Wildman–Crippen MR) is 99.3 cm³/mol. The maximum absolute atomic E-state index is 12.2. The van der Waals surface area contributed by atoms with Gasteiger partial charge >= 0.3 is 0 Å². The Morgan fingerprint density at radius 2 is 2.12 bits per heavy atom. The molecular weight excluding hydrogens is 346 g/mol. The summed E-state index contributed by atoms with van der Waals surface area (Å²) in [6.45, 7) is 5.83. The first-order chi connectivity index (χ1) is 11.1. The zero-order valence-electron chi connectivity index (χ0n) is 13.8. The van der Waals surface area contributed by atoms with Crippen molar-refractivity contribution in [2.45, 2.75) is 26.3 Å². The molecule has 24 heavy (non-hydrogen) atoms. The van der Waals surface area contributed by atoms with Crippen LogP contribution in [0.3, 0.4) is 0 Å². The molecule has 0 radical (unpaired) electrons. The zero-order valence-corrected chi connectivity index (χ0v) is 15.4. The van der Waals surface area contributed by atoms with E-state index in [1.807, 2.05) is 6.92 Å². The van der Waals surface area contributed by atoms with Gasteiger partial charge in [0.05, 0.1) is 18.9 Å². The van der Waals surface area contributed by atoms with E-state index >= 15 is 0 Å². The fourth-order valence-corrected chi connectivity index (χ4v) is 3.46. The van der Waals surface area contributed by atoms with Crippen molar-refractivity contribution in [1.29, 1.82) is 0 Å². The van der Waals surface area contributed by atoms with E-state index in [4.69, 9.17) is 4.74 Å². The Bertz CT molecular complexity index is 682. The highest BCUT2D eigenvalue weighted by Gasteiger charge is 2.22. The summed E-state index contributed by atoms with van der Waals surface area (Å²) in [6, 6.07) is 8.20. The van der Waals surface area contributed by atoms with E-state index in [0.717, 1.165) is 12.1 Å². The molecule has 0 bridgehead atoms. The Hall–Kier alpha value is -1.47. The van der Waals surface area contributed by atoms with Gasteiger partial charge in [-0.2, -0.15) is 0 Å². The largest absolute Gasteiger partial charge is 0.378 e. The molecule has 1 aromatic heterocycles. The Kier molecular flexibility index (Phi) is 6.74. The van der Waals surface area contributed by atoms with E-state index < -0.39 is 0 Å². The number of aryl methyl sites for hydroxylation is 2. The number of amides is 1. The lowest BCUT2D eigenvalue weighted by Crippen LogP contribution is -2.48. The topological polar surface area (TPSA) is 63.2 Å². The van der Waals surface area contributed by atoms with Gasteiger partial charge in [-0.1, -0.05) is 29.8 Å². The summed E-state index contributed by atoms with van der Waals surface area (Å²) in [5, 5.41) is 6.69. The highest BCUT2D eigenvalue weighted by Crippen LogP contribution is 2.25. The second-order valence-electron chi connectivity index (χ2n) is 5.76. The molecule has 1 aliphatic rings. The normalized spacial score (nSPS) is 17.2. The van der Waals surface area contributed by atoms with Gasteiger partial charge in [0.25, 0.3) is 0 Å². The lowest BCUT2D eigenvalue weighted by molar-refractivity contribution is -0.120. The van der Waals surface area contributed by atoms with Crippen LogP contribution in [0.5, 0.6) is 0 Å². The first kappa shape index (κ1) is 18.9. The molecule has 0 spiro atoms. The van der Waals surface area contributed by atoms with Gasteiger partial charge in [0.2, 0.25) is 5.91 Å². The van der Waals surface area contributed by atoms with Gasteiger partial charge in [0.15, 0.2) is 5.13 Å². The van der Waals surface area contributed by atoms with E-state index in [-0.39, 0.29) is 24.4 Å².